The first kappa shape index (κ1) is 36.6. The van der Waals surface area contributed by atoms with Gasteiger partial charge in [-0.2, -0.15) is 0 Å². The van der Waals surface area contributed by atoms with Crippen molar-refractivity contribution in [2.75, 3.05) is 7.05 Å². The van der Waals surface area contributed by atoms with Crippen LogP contribution in [0.3, 0.4) is 0 Å². The molecule has 4 aliphatic carbocycles. The van der Waals surface area contributed by atoms with Gasteiger partial charge in [-0.3, -0.25) is 14.4 Å². The number of hydrogen-bond acceptors (Lipinski definition) is 4. The van der Waals surface area contributed by atoms with Crippen LogP contribution in [0, 0.1) is 52.2 Å². The van der Waals surface area contributed by atoms with E-state index in [2.05, 4.69) is 51.3 Å². The molecule has 0 saturated heterocycles. The van der Waals surface area contributed by atoms with Gasteiger partial charge in [0.25, 0.3) is 0 Å². The van der Waals surface area contributed by atoms with E-state index in [1.165, 1.54) is 69.7 Å². The molecule has 0 spiro atoms. The molecule has 7 heteroatoms. The summed E-state index contributed by atoms with van der Waals surface area (Å²) in [5.41, 5.74) is 2.80. The van der Waals surface area contributed by atoms with Gasteiger partial charge in [0, 0.05) is 19.9 Å². The number of ether oxygens (including phenoxy) is 1. The summed E-state index contributed by atoms with van der Waals surface area (Å²) in [6, 6.07) is 4.85. The van der Waals surface area contributed by atoms with E-state index in [-0.39, 0.29) is 54.4 Å². The molecule has 9 atom stereocenters. The molecular formula is C41H61FN2O4. The van der Waals surface area contributed by atoms with Crippen molar-refractivity contribution >= 4 is 17.8 Å². The van der Waals surface area contributed by atoms with Gasteiger partial charge in [-0.25, -0.2) is 4.39 Å². The molecule has 1 aromatic carbocycles. The van der Waals surface area contributed by atoms with Crippen molar-refractivity contribution in [2.24, 2.45) is 46.3 Å². The highest BCUT2D eigenvalue weighted by Crippen LogP contribution is 2.67. The van der Waals surface area contributed by atoms with Gasteiger partial charge in [0.05, 0.1) is 6.42 Å². The molecular weight excluding hydrogens is 603 g/mol. The number of nitrogens with one attached hydrogen (secondary N) is 2. The summed E-state index contributed by atoms with van der Waals surface area (Å²) in [6.07, 6.45) is 16.0. The molecule has 0 heterocycles. The predicted molar refractivity (Wildman–Crippen MR) is 188 cm³/mol. The van der Waals surface area contributed by atoms with Crippen LogP contribution in [0.1, 0.15) is 124 Å². The van der Waals surface area contributed by atoms with Crippen molar-refractivity contribution in [3.05, 3.63) is 47.3 Å². The number of hydrogen-bond donors (Lipinski definition) is 2. The summed E-state index contributed by atoms with van der Waals surface area (Å²) in [5.74, 6) is 3.36. The Morgan fingerprint density at radius 2 is 1.71 bits per heavy atom. The fourth-order valence-corrected chi connectivity index (χ4v) is 10.7. The lowest BCUT2D eigenvalue weighted by atomic mass is 9.47. The molecule has 1 aromatic rings. The Balaban J connectivity index is 1.14. The third-order valence-electron chi connectivity index (χ3n) is 13.4. The zero-order valence-corrected chi connectivity index (χ0v) is 30.4. The van der Waals surface area contributed by atoms with E-state index in [0.717, 1.165) is 55.3 Å². The molecule has 266 valence electrons. The quantitative estimate of drug-likeness (QED) is 0.164. The van der Waals surface area contributed by atoms with E-state index in [9.17, 15) is 18.8 Å². The molecule has 4 aliphatic rings. The van der Waals surface area contributed by atoms with Crippen molar-refractivity contribution < 1.29 is 23.5 Å². The van der Waals surface area contributed by atoms with Crippen molar-refractivity contribution in [3.63, 3.8) is 0 Å². The average Bonchev–Trinajstić information content (AvgIpc) is 3.41. The number of benzene rings is 1. The van der Waals surface area contributed by atoms with Crippen molar-refractivity contribution in [1.82, 2.24) is 10.6 Å². The normalized spacial score (nSPS) is 32.2. The van der Waals surface area contributed by atoms with Crippen molar-refractivity contribution in [1.29, 1.82) is 0 Å². The minimum Gasteiger partial charge on any atom is -0.462 e. The summed E-state index contributed by atoms with van der Waals surface area (Å²) in [7, 11) is 1.51. The molecule has 5 rings (SSSR count). The lowest BCUT2D eigenvalue weighted by Gasteiger charge is -2.58. The topological polar surface area (TPSA) is 84.5 Å². The van der Waals surface area contributed by atoms with E-state index in [1.54, 1.807) is 12.1 Å². The van der Waals surface area contributed by atoms with Crippen LogP contribution in [-0.2, 0) is 25.5 Å². The van der Waals surface area contributed by atoms with Gasteiger partial charge in [-0.05, 0) is 115 Å². The van der Waals surface area contributed by atoms with Crippen LogP contribution in [0.25, 0.3) is 0 Å². The summed E-state index contributed by atoms with van der Waals surface area (Å²) in [6.45, 7) is 12.4. The van der Waals surface area contributed by atoms with E-state index >= 15 is 0 Å². The van der Waals surface area contributed by atoms with Crippen LogP contribution in [0.5, 0.6) is 0 Å². The van der Waals surface area contributed by atoms with Crippen molar-refractivity contribution in [3.8, 4) is 0 Å². The minimum atomic E-state index is -0.849. The largest absolute Gasteiger partial charge is 0.462 e. The average molecular weight is 665 g/mol. The molecule has 0 radical (unpaired) electrons. The van der Waals surface area contributed by atoms with E-state index < -0.39 is 6.04 Å². The second-order valence-electron chi connectivity index (χ2n) is 16.7. The second-order valence-corrected chi connectivity index (χ2v) is 16.7. The van der Waals surface area contributed by atoms with Gasteiger partial charge in [-0.15, -0.1) is 0 Å². The van der Waals surface area contributed by atoms with Gasteiger partial charge in [0.2, 0.25) is 11.8 Å². The maximum atomic E-state index is 13.2. The molecule has 6 nitrogen and oxygen atoms in total. The molecule has 9 unspecified atom stereocenters. The van der Waals surface area contributed by atoms with E-state index in [4.69, 9.17) is 4.74 Å². The third kappa shape index (κ3) is 8.02. The molecule has 2 N–H and O–H groups in total. The molecule has 3 saturated carbocycles. The highest BCUT2D eigenvalue weighted by atomic mass is 19.1. The molecule has 0 bridgehead atoms. The maximum absolute atomic E-state index is 13.2. The van der Waals surface area contributed by atoms with Crippen LogP contribution in [0.4, 0.5) is 4.39 Å². The lowest BCUT2D eigenvalue weighted by Crippen LogP contribution is -2.51. The Morgan fingerprint density at radius 3 is 2.42 bits per heavy atom. The molecule has 0 aliphatic heterocycles. The molecule has 0 aromatic heterocycles. The number of amides is 2. The number of likely N-dealkylation sites (N-methyl/N-ethyl adjacent to an activating group) is 1. The Labute approximate surface area is 288 Å². The Morgan fingerprint density at radius 1 is 0.958 bits per heavy atom. The molecule has 2 amide bonds. The van der Waals surface area contributed by atoms with Crippen LogP contribution in [0.15, 0.2) is 35.9 Å². The second kappa shape index (κ2) is 15.5. The molecule has 48 heavy (non-hydrogen) atoms. The number of carbonyl (C=O) groups is 3. The van der Waals surface area contributed by atoms with Crippen LogP contribution >= 0.6 is 0 Å². The number of halogens is 1. The monoisotopic (exact) mass is 664 g/mol. The minimum absolute atomic E-state index is 0.0220. The number of rotatable bonds is 13. The van der Waals surface area contributed by atoms with E-state index in [0.29, 0.717) is 16.9 Å². The molecule has 3 fully saturated rings. The summed E-state index contributed by atoms with van der Waals surface area (Å²) in [5, 5.41) is 5.31. The number of fused-ring (bicyclic) bond motifs is 5. The van der Waals surface area contributed by atoms with Crippen LogP contribution < -0.4 is 10.6 Å². The van der Waals surface area contributed by atoms with E-state index in [1.807, 2.05) is 0 Å². The fraction of sp³-hybridized carbons (Fsp3) is 0.732. The highest BCUT2D eigenvalue weighted by molar-refractivity contribution is 5.88. The summed E-state index contributed by atoms with van der Waals surface area (Å²) >= 11 is 0. The maximum Gasteiger partial charge on any atom is 0.306 e. The number of allylic oxidation sites excluding steroid dienone is 1. The fourth-order valence-electron chi connectivity index (χ4n) is 10.7. The zero-order valence-electron chi connectivity index (χ0n) is 30.4. The van der Waals surface area contributed by atoms with Crippen LogP contribution in [-0.4, -0.2) is 37.0 Å². The smallest absolute Gasteiger partial charge is 0.306 e. The van der Waals surface area contributed by atoms with Crippen LogP contribution in [0.2, 0.25) is 0 Å². The summed E-state index contributed by atoms with van der Waals surface area (Å²) < 4.78 is 19.2. The van der Waals surface area contributed by atoms with Crippen molar-refractivity contribution in [2.45, 2.75) is 137 Å². The first-order chi connectivity index (χ1) is 22.8. The van der Waals surface area contributed by atoms with Gasteiger partial charge in [0.1, 0.15) is 18.0 Å². The standard InChI is InChI=1S/C41H61FN2O4/c1-26(2)8-7-9-27(3)33-16-17-34-32-15-12-29-25-31(20-22-40(29,4)35(32)21-23-41(33,34)5)48-38(46)19-18-36(39(47)43-6)44-37(45)24-28-10-13-30(42)14-11-28/h10-14,26-27,31-36H,7-9,15-25H2,1-6H3,(H,43,47)(H,44,45). The SMILES string of the molecule is CNC(=O)C(CCC(=O)OC1CCC2(C)C(=CCC3C2CCC2(C)C(C(C)CCCC(C)C)CCC32)C1)NC(=O)Cc1ccc(F)cc1. The Bertz CT molecular complexity index is 1330. The Hall–Kier alpha value is -2.70. The summed E-state index contributed by atoms with van der Waals surface area (Å²) in [4.78, 5) is 38.2. The number of esters is 1. The predicted octanol–water partition coefficient (Wildman–Crippen LogP) is 8.33. The lowest BCUT2D eigenvalue weighted by molar-refractivity contribution is -0.152. The third-order valence-corrected chi connectivity index (χ3v) is 13.4. The van der Waals surface area contributed by atoms with Gasteiger partial charge in [-0.1, -0.05) is 77.7 Å². The first-order valence-electron chi connectivity index (χ1n) is 19.0. The van der Waals surface area contributed by atoms with Gasteiger partial charge in [0.15, 0.2) is 0 Å². The zero-order chi connectivity index (χ0) is 34.6. The number of carbonyl (C=O) groups excluding carboxylic acids is 3. The first-order valence-corrected chi connectivity index (χ1v) is 19.0. The highest BCUT2D eigenvalue weighted by Gasteiger charge is 2.59. The Kier molecular flexibility index (Phi) is 11.8. The van der Waals surface area contributed by atoms with Gasteiger partial charge >= 0.3 is 5.97 Å². The van der Waals surface area contributed by atoms with Gasteiger partial charge < -0.3 is 15.4 Å².